The lowest BCUT2D eigenvalue weighted by Gasteiger charge is -2.09. The van der Waals surface area contributed by atoms with Crippen molar-refractivity contribution in [2.45, 2.75) is 6.92 Å². The second-order valence-corrected chi connectivity index (χ2v) is 2.79. The van der Waals surface area contributed by atoms with Gasteiger partial charge in [0, 0.05) is 6.92 Å². The van der Waals surface area contributed by atoms with Crippen molar-refractivity contribution in [3.63, 3.8) is 0 Å². The number of hydrogen-bond acceptors (Lipinski definition) is 5. The smallest absolute Gasteiger partial charge is 0.349 e. The van der Waals surface area contributed by atoms with Gasteiger partial charge in [-0.25, -0.2) is 9.79 Å². The van der Waals surface area contributed by atoms with Crippen LogP contribution < -0.4 is 5.32 Å². The standard InChI is InChI=1S/C8H5N3O4/c1-3(12)15-4-2-9-6-5(4)7(13)11-8(14)10-6/h2H,1H3,(H,11,13,14). The fourth-order valence-electron chi connectivity index (χ4n) is 1.17. The summed E-state index contributed by atoms with van der Waals surface area (Å²) in [6, 6.07) is -0.778. The number of hydrogen-bond donors (Lipinski definition) is 1. The molecule has 2 heterocycles. The number of amides is 3. The minimum Gasteiger partial charge on any atom is -0.424 e. The van der Waals surface area contributed by atoms with Gasteiger partial charge in [0.15, 0.2) is 11.6 Å². The average molecular weight is 207 g/mol. The summed E-state index contributed by atoms with van der Waals surface area (Å²) in [5.74, 6) is -1.26. The Morgan fingerprint density at radius 2 is 2.20 bits per heavy atom. The number of amidine groups is 1. The normalized spacial score (nSPS) is 18.6. The predicted molar refractivity (Wildman–Crippen MR) is 48.3 cm³/mol. The molecule has 0 saturated heterocycles. The van der Waals surface area contributed by atoms with Crippen molar-refractivity contribution in [2.75, 3.05) is 0 Å². The van der Waals surface area contributed by atoms with Crippen LogP contribution in [0.4, 0.5) is 4.79 Å². The fourth-order valence-corrected chi connectivity index (χ4v) is 1.17. The zero-order chi connectivity index (χ0) is 11.0. The molecule has 2 rings (SSSR count). The summed E-state index contributed by atoms with van der Waals surface area (Å²) in [5, 5.41) is 1.96. The van der Waals surface area contributed by atoms with E-state index in [-0.39, 0.29) is 17.2 Å². The number of carbonyl (C=O) groups is 3. The SMILES string of the molecule is CC(=O)OC1=C2C(=O)NC(=O)N=C2N=C1. The van der Waals surface area contributed by atoms with Crippen molar-refractivity contribution in [2.24, 2.45) is 9.98 Å². The van der Waals surface area contributed by atoms with Gasteiger partial charge in [-0.3, -0.25) is 14.9 Å². The first kappa shape index (κ1) is 9.25. The van der Waals surface area contributed by atoms with Crippen molar-refractivity contribution in [1.29, 1.82) is 0 Å². The molecule has 1 N–H and O–H groups in total. The summed E-state index contributed by atoms with van der Waals surface area (Å²) in [6.45, 7) is 1.20. The molecule has 0 bridgehead atoms. The Labute approximate surface area is 83.5 Å². The Kier molecular flexibility index (Phi) is 1.93. The molecule has 0 atom stereocenters. The van der Waals surface area contributed by atoms with E-state index in [4.69, 9.17) is 4.74 Å². The number of fused-ring (bicyclic) bond motifs is 1. The van der Waals surface area contributed by atoms with Crippen LogP contribution >= 0.6 is 0 Å². The van der Waals surface area contributed by atoms with Crippen LogP contribution in [0.25, 0.3) is 0 Å². The number of allylic oxidation sites excluding steroid dienone is 1. The molecule has 7 nitrogen and oxygen atoms in total. The molecule has 3 amide bonds. The van der Waals surface area contributed by atoms with Crippen LogP contribution in [0.1, 0.15) is 6.92 Å². The van der Waals surface area contributed by atoms with Gasteiger partial charge >= 0.3 is 12.0 Å². The highest BCUT2D eigenvalue weighted by Gasteiger charge is 2.32. The number of imide groups is 1. The van der Waals surface area contributed by atoms with E-state index in [1.54, 1.807) is 0 Å². The average Bonchev–Trinajstić information content (AvgIpc) is 2.46. The molecular formula is C8H5N3O4. The van der Waals surface area contributed by atoms with Crippen molar-refractivity contribution < 1.29 is 19.1 Å². The van der Waals surface area contributed by atoms with Crippen LogP contribution in [-0.4, -0.2) is 30.0 Å². The van der Waals surface area contributed by atoms with Gasteiger partial charge in [-0.1, -0.05) is 0 Å². The van der Waals surface area contributed by atoms with Crippen LogP contribution in [0, 0.1) is 0 Å². The highest BCUT2D eigenvalue weighted by atomic mass is 16.5. The van der Waals surface area contributed by atoms with Crippen molar-refractivity contribution in [1.82, 2.24) is 5.32 Å². The van der Waals surface area contributed by atoms with Gasteiger partial charge in [0.2, 0.25) is 0 Å². The first-order chi connectivity index (χ1) is 7.08. The van der Waals surface area contributed by atoms with E-state index < -0.39 is 17.9 Å². The number of aliphatic imine (C=N–C) groups is 2. The Bertz CT molecular complexity index is 472. The van der Waals surface area contributed by atoms with E-state index in [0.29, 0.717) is 0 Å². The molecule has 0 aromatic carbocycles. The topological polar surface area (TPSA) is 97.2 Å². The molecule has 15 heavy (non-hydrogen) atoms. The molecule has 0 radical (unpaired) electrons. The molecule has 2 aliphatic heterocycles. The Morgan fingerprint density at radius 1 is 1.47 bits per heavy atom. The second kappa shape index (κ2) is 3.12. The Balaban J connectivity index is 2.44. The number of rotatable bonds is 1. The summed E-state index contributed by atoms with van der Waals surface area (Å²) < 4.78 is 4.72. The highest BCUT2D eigenvalue weighted by molar-refractivity contribution is 6.34. The van der Waals surface area contributed by atoms with Crippen molar-refractivity contribution in [3.8, 4) is 0 Å². The van der Waals surface area contributed by atoms with E-state index in [1.165, 1.54) is 13.1 Å². The van der Waals surface area contributed by atoms with Crippen molar-refractivity contribution >= 4 is 30.0 Å². The number of ether oxygens (including phenoxy) is 1. The molecule has 0 unspecified atom stereocenters. The number of urea groups is 1. The Hall–Kier alpha value is -2.31. The Morgan fingerprint density at radius 3 is 2.87 bits per heavy atom. The van der Waals surface area contributed by atoms with E-state index in [1.807, 2.05) is 5.32 Å². The summed E-state index contributed by atoms with van der Waals surface area (Å²) in [7, 11) is 0. The highest BCUT2D eigenvalue weighted by Crippen LogP contribution is 2.17. The van der Waals surface area contributed by atoms with E-state index in [9.17, 15) is 14.4 Å². The van der Waals surface area contributed by atoms with Crippen LogP contribution in [0.15, 0.2) is 21.3 Å². The predicted octanol–water partition coefficient (Wildman–Crippen LogP) is -0.464. The largest absolute Gasteiger partial charge is 0.424 e. The summed E-state index contributed by atoms with van der Waals surface area (Å²) >= 11 is 0. The maximum absolute atomic E-state index is 11.3. The molecule has 7 heteroatoms. The summed E-state index contributed by atoms with van der Waals surface area (Å²) in [5.41, 5.74) is 0.00444. The summed E-state index contributed by atoms with van der Waals surface area (Å²) in [6.07, 6.45) is 1.17. The van der Waals surface area contributed by atoms with Crippen LogP contribution in [-0.2, 0) is 14.3 Å². The monoisotopic (exact) mass is 207 g/mol. The van der Waals surface area contributed by atoms with E-state index in [0.717, 1.165) is 0 Å². The molecular weight excluding hydrogens is 202 g/mol. The van der Waals surface area contributed by atoms with Crippen LogP contribution in [0.2, 0.25) is 0 Å². The van der Waals surface area contributed by atoms with Crippen LogP contribution in [0.5, 0.6) is 0 Å². The van der Waals surface area contributed by atoms with Gasteiger partial charge in [-0.2, -0.15) is 4.99 Å². The molecule has 0 aromatic rings. The first-order valence-corrected chi connectivity index (χ1v) is 3.99. The lowest BCUT2D eigenvalue weighted by Crippen LogP contribution is -2.36. The minimum atomic E-state index is -0.778. The first-order valence-electron chi connectivity index (χ1n) is 3.99. The zero-order valence-corrected chi connectivity index (χ0v) is 7.60. The van der Waals surface area contributed by atoms with Gasteiger partial charge < -0.3 is 4.74 Å². The lowest BCUT2D eigenvalue weighted by atomic mass is 10.2. The van der Waals surface area contributed by atoms with Gasteiger partial charge in [-0.05, 0) is 0 Å². The number of nitrogens with one attached hydrogen (secondary N) is 1. The fraction of sp³-hybridized carbons (Fsp3) is 0.125. The third-order valence-corrected chi connectivity index (χ3v) is 1.68. The van der Waals surface area contributed by atoms with E-state index >= 15 is 0 Å². The third-order valence-electron chi connectivity index (χ3n) is 1.68. The number of nitrogens with zero attached hydrogens (tertiary/aromatic N) is 2. The van der Waals surface area contributed by atoms with Gasteiger partial charge in [0.05, 0.1) is 6.21 Å². The minimum absolute atomic E-state index is 0.00444. The molecule has 0 aromatic heterocycles. The third kappa shape index (κ3) is 1.54. The maximum atomic E-state index is 11.3. The molecule has 2 aliphatic rings. The molecule has 0 aliphatic carbocycles. The van der Waals surface area contributed by atoms with Gasteiger partial charge in [0.25, 0.3) is 5.91 Å². The van der Waals surface area contributed by atoms with Crippen LogP contribution in [0.3, 0.4) is 0 Å². The maximum Gasteiger partial charge on any atom is 0.349 e. The lowest BCUT2D eigenvalue weighted by molar-refractivity contribution is -0.136. The van der Waals surface area contributed by atoms with Gasteiger partial charge in [-0.15, -0.1) is 0 Å². The van der Waals surface area contributed by atoms with Crippen molar-refractivity contribution in [3.05, 3.63) is 11.3 Å². The number of carbonyl (C=O) groups excluding carboxylic acids is 3. The molecule has 0 saturated carbocycles. The van der Waals surface area contributed by atoms with Gasteiger partial charge in [0.1, 0.15) is 5.57 Å². The summed E-state index contributed by atoms with van der Waals surface area (Å²) in [4.78, 5) is 40.0. The number of esters is 1. The van der Waals surface area contributed by atoms with E-state index in [2.05, 4.69) is 9.98 Å². The zero-order valence-electron chi connectivity index (χ0n) is 7.60. The molecule has 0 fully saturated rings. The second-order valence-electron chi connectivity index (χ2n) is 2.79. The quantitative estimate of drug-likeness (QED) is 0.588. The molecule has 0 spiro atoms. The molecule has 76 valence electrons.